The summed E-state index contributed by atoms with van der Waals surface area (Å²) in [6.07, 6.45) is 1.99. The summed E-state index contributed by atoms with van der Waals surface area (Å²) in [5.41, 5.74) is 3.59. The molecule has 5 heteroatoms. The molecule has 3 aliphatic heterocycles. The summed E-state index contributed by atoms with van der Waals surface area (Å²) in [6.45, 7) is 1.75. The number of ether oxygens (including phenoxy) is 1. The van der Waals surface area contributed by atoms with Crippen molar-refractivity contribution in [2.24, 2.45) is 4.99 Å². The minimum atomic E-state index is 0.0637. The Balaban J connectivity index is 1.50. The first kappa shape index (κ1) is 14.1. The van der Waals surface area contributed by atoms with Crippen LogP contribution in [0, 0.1) is 5.41 Å². The minimum absolute atomic E-state index is 0.0637. The summed E-state index contributed by atoms with van der Waals surface area (Å²) in [4.78, 5) is 7.81. The van der Waals surface area contributed by atoms with Gasteiger partial charge in [0, 0.05) is 30.0 Å². The lowest BCUT2D eigenvalue weighted by Crippen LogP contribution is -2.42. The fraction of sp³-hybridized carbons (Fsp3) is 0.263. The van der Waals surface area contributed by atoms with Gasteiger partial charge >= 0.3 is 0 Å². The van der Waals surface area contributed by atoms with E-state index < -0.39 is 0 Å². The summed E-state index contributed by atoms with van der Waals surface area (Å²) < 4.78 is 6.11. The molecule has 0 radical (unpaired) electrons. The van der Waals surface area contributed by atoms with Crippen molar-refractivity contribution < 1.29 is 4.74 Å². The molecule has 1 N–H and O–H groups in total. The molecule has 4 nitrogen and oxygen atoms in total. The van der Waals surface area contributed by atoms with Gasteiger partial charge < -0.3 is 9.64 Å². The summed E-state index contributed by atoms with van der Waals surface area (Å²) in [5.74, 6) is 1.95. The van der Waals surface area contributed by atoms with Crippen LogP contribution in [-0.2, 0) is 6.42 Å². The first-order valence-electron chi connectivity index (χ1n) is 8.27. The first-order valence-corrected chi connectivity index (χ1v) is 9.08. The quantitative estimate of drug-likeness (QED) is 0.861. The Labute approximate surface area is 145 Å². The molecule has 24 heavy (non-hydrogen) atoms. The smallest absolute Gasteiger partial charge is 0.166 e. The van der Waals surface area contributed by atoms with Gasteiger partial charge in [0.1, 0.15) is 17.7 Å². The number of aliphatic imine (C=N–C) groups is 1. The van der Waals surface area contributed by atoms with Gasteiger partial charge in [0.15, 0.2) is 5.17 Å². The molecule has 0 saturated carbocycles. The number of rotatable bonds is 1. The Morgan fingerprint density at radius 2 is 2.12 bits per heavy atom. The van der Waals surface area contributed by atoms with E-state index in [0.717, 1.165) is 48.0 Å². The molecular formula is C19H17N3OS. The normalized spacial score (nSPS) is 21.5. The molecule has 0 aliphatic carbocycles. The summed E-state index contributed by atoms with van der Waals surface area (Å²) in [7, 11) is 0. The van der Waals surface area contributed by atoms with Crippen LogP contribution in [0.15, 0.2) is 52.4 Å². The molecule has 5 rings (SSSR count). The fourth-order valence-electron chi connectivity index (χ4n) is 3.57. The molecule has 0 aromatic heterocycles. The third-order valence-electron chi connectivity index (χ3n) is 4.77. The molecule has 0 bridgehead atoms. The lowest BCUT2D eigenvalue weighted by atomic mass is 10.0. The Bertz CT molecular complexity index is 852. The van der Waals surface area contributed by atoms with Gasteiger partial charge in [-0.15, -0.1) is 0 Å². The van der Waals surface area contributed by atoms with Gasteiger partial charge in [-0.2, -0.15) is 0 Å². The van der Waals surface area contributed by atoms with Crippen molar-refractivity contribution >= 4 is 22.8 Å². The summed E-state index contributed by atoms with van der Waals surface area (Å²) in [5, 5.41) is 8.88. The van der Waals surface area contributed by atoms with Gasteiger partial charge in [0.2, 0.25) is 0 Å². The maximum absolute atomic E-state index is 8.31. The van der Waals surface area contributed by atoms with Crippen LogP contribution in [0.3, 0.4) is 0 Å². The van der Waals surface area contributed by atoms with Crippen LogP contribution >= 0.6 is 11.8 Å². The van der Waals surface area contributed by atoms with Crippen molar-refractivity contribution in [3.05, 3.63) is 59.2 Å². The van der Waals surface area contributed by atoms with Gasteiger partial charge in [-0.05, 0) is 35.7 Å². The van der Waals surface area contributed by atoms with Gasteiger partial charge in [0.05, 0.1) is 0 Å². The van der Waals surface area contributed by atoms with Crippen LogP contribution in [0.5, 0.6) is 5.75 Å². The topological polar surface area (TPSA) is 48.7 Å². The number of amidine groups is 2. The molecule has 0 saturated heterocycles. The number of hydrogen-bond donors (Lipinski definition) is 1. The van der Waals surface area contributed by atoms with Crippen molar-refractivity contribution in [2.75, 3.05) is 13.1 Å². The van der Waals surface area contributed by atoms with E-state index >= 15 is 0 Å². The van der Waals surface area contributed by atoms with Crippen molar-refractivity contribution in [1.29, 1.82) is 5.41 Å². The van der Waals surface area contributed by atoms with E-state index in [-0.39, 0.29) is 6.10 Å². The number of nitrogens with one attached hydrogen (secondary N) is 1. The Morgan fingerprint density at radius 1 is 1.21 bits per heavy atom. The largest absolute Gasteiger partial charge is 0.485 e. The molecule has 3 heterocycles. The SMILES string of the molecule is N=C1Sc2cc(C3Cc4ccccc4O3)ccc2C2=NCCCN12. The highest BCUT2D eigenvalue weighted by molar-refractivity contribution is 8.14. The van der Waals surface area contributed by atoms with E-state index in [9.17, 15) is 0 Å². The predicted molar refractivity (Wildman–Crippen MR) is 96.3 cm³/mol. The standard InChI is InChI=1S/C19H17N3OS/c20-19-22-9-3-8-21-18(22)14-7-6-13(11-17(14)24-19)16-10-12-4-1-2-5-15(12)23-16/h1-2,4-7,11,16,20H,3,8-10H2. The number of nitrogens with zero attached hydrogens (tertiary/aromatic N) is 2. The molecule has 2 aromatic rings. The highest BCUT2D eigenvalue weighted by Gasteiger charge is 2.31. The van der Waals surface area contributed by atoms with Gasteiger partial charge in [-0.1, -0.05) is 36.0 Å². The maximum Gasteiger partial charge on any atom is 0.166 e. The fourth-order valence-corrected chi connectivity index (χ4v) is 4.53. The van der Waals surface area contributed by atoms with E-state index in [1.165, 1.54) is 22.9 Å². The van der Waals surface area contributed by atoms with Crippen molar-refractivity contribution in [3.8, 4) is 5.75 Å². The number of hydrogen-bond acceptors (Lipinski definition) is 4. The number of benzene rings is 2. The lowest BCUT2D eigenvalue weighted by molar-refractivity contribution is 0.238. The Hall–Kier alpha value is -2.27. The zero-order chi connectivity index (χ0) is 16.1. The highest BCUT2D eigenvalue weighted by Crippen LogP contribution is 2.40. The zero-order valence-corrected chi connectivity index (χ0v) is 14.0. The second-order valence-corrected chi connectivity index (χ2v) is 7.32. The number of para-hydroxylation sites is 1. The summed E-state index contributed by atoms with van der Waals surface area (Å²) in [6, 6.07) is 14.7. The van der Waals surface area contributed by atoms with Gasteiger partial charge in [-0.3, -0.25) is 10.4 Å². The Kier molecular flexibility index (Phi) is 3.16. The van der Waals surface area contributed by atoms with Crippen LogP contribution < -0.4 is 4.74 Å². The third-order valence-corrected chi connectivity index (χ3v) is 5.75. The molecule has 3 aliphatic rings. The van der Waals surface area contributed by atoms with Crippen LogP contribution in [0.1, 0.15) is 29.2 Å². The number of fused-ring (bicyclic) bond motifs is 4. The third kappa shape index (κ3) is 2.15. The highest BCUT2D eigenvalue weighted by atomic mass is 32.2. The second-order valence-electron chi connectivity index (χ2n) is 6.29. The Morgan fingerprint density at radius 3 is 3.04 bits per heavy atom. The van der Waals surface area contributed by atoms with Crippen LogP contribution in [0.4, 0.5) is 0 Å². The molecule has 1 unspecified atom stereocenters. The van der Waals surface area contributed by atoms with Crippen LogP contribution in [0.25, 0.3) is 0 Å². The van der Waals surface area contributed by atoms with Crippen molar-refractivity contribution in [2.45, 2.75) is 23.8 Å². The first-order chi connectivity index (χ1) is 11.8. The predicted octanol–water partition coefficient (Wildman–Crippen LogP) is 3.86. The van der Waals surface area contributed by atoms with Crippen LogP contribution in [-0.4, -0.2) is 29.0 Å². The molecule has 0 fully saturated rings. The number of thioether (sulfide) groups is 1. The minimum Gasteiger partial charge on any atom is -0.485 e. The molecular weight excluding hydrogens is 318 g/mol. The molecule has 120 valence electrons. The average Bonchev–Trinajstić information content (AvgIpc) is 3.06. The van der Waals surface area contributed by atoms with Gasteiger partial charge in [0.25, 0.3) is 0 Å². The van der Waals surface area contributed by atoms with E-state index in [2.05, 4.69) is 35.3 Å². The molecule has 2 aromatic carbocycles. The zero-order valence-electron chi connectivity index (χ0n) is 13.2. The molecule has 0 amide bonds. The van der Waals surface area contributed by atoms with Crippen molar-refractivity contribution in [3.63, 3.8) is 0 Å². The lowest BCUT2D eigenvalue weighted by Gasteiger charge is -2.34. The van der Waals surface area contributed by atoms with E-state index in [4.69, 9.17) is 10.1 Å². The van der Waals surface area contributed by atoms with Crippen LogP contribution in [0.2, 0.25) is 0 Å². The van der Waals surface area contributed by atoms with E-state index in [1.807, 2.05) is 17.0 Å². The van der Waals surface area contributed by atoms with E-state index in [1.54, 1.807) is 0 Å². The van der Waals surface area contributed by atoms with Gasteiger partial charge in [-0.25, -0.2) is 0 Å². The molecule has 1 atom stereocenters. The molecule has 0 spiro atoms. The van der Waals surface area contributed by atoms with E-state index in [0.29, 0.717) is 5.17 Å². The second kappa shape index (κ2) is 5.38. The maximum atomic E-state index is 8.31. The van der Waals surface area contributed by atoms with Crippen molar-refractivity contribution in [1.82, 2.24) is 4.90 Å². The monoisotopic (exact) mass is 335 g/mol. The summed E-state index contributed by atoms with van der Waals surface area (Å²) >= 11 is 1.53. The average molecular weight is 335 g/mol.